The molecular weight excluding hydrogens is 256 g/mol. The number of nitrogens with zero attached hydrogens (tertiary/aromatic N) is 1. The molecule has 0 bridgehead atoms. The number of carboxylic acid groups (broad SMARTS) is 1. The van der Waals surface area contributed by atoms with Crippen molar-refractivity contribution in [3.8, 4) is 5.75 Å². The molecule has 1 heterocycles. The van der Waals surface area contributed by atoms with Crippen LogP contribution in [-0.4, -0.2) is 42.2 Å². The minimum Gasteiger partial charge on any atom is -0.487 e. The highest BCUT2D eigenvalue weighted by atomic mass is 16.5. The Morgan fingerprint density at radius 3 is 2.95 bits per heavy atom. The van der Waals surface area contributed by atoms with Crippen molar-refractivity contribution in [3.05, 3.63) is 23.8 Å². The fourth-order valence-corrected chi connectivity index (χ4v) is 2.73. The Kier molecular flexibility index (Phi) is 4.49. The van der Waals surface area contributed by atoms with Crippen molar-refractivity contribution in [2.75, 3.05) is 25.9 Å². The normalized spacial score (nSPS) is 21.4. The summed E-state index contributed by atoms with van der Waals surface area (Å²) in [6, 6.07) is 4.82. The van der Waals surface area contributed by atoms with E-state index in [2.05, 4.69) is 11.9 Å². The van der Waals surface area contributed by atoms with Crippen molar-refractivity contribution in [1.29, 1.82) is 0 Å². The second-order valence-electron chi connectivity index (χ2n) is 5.52. The zero-order chi connectivity index (χ0) is 14.7. The maximum absolute atomic E-state index is 11.2. The van der Waals surface area contributed by atoms with Gasteiger partial charge in [0.25, 0.3) is 0 Å². The van der Waals surface area contributed by atoms with Crippen molar-refractivity contribution in [2.24, 2.45) is 5.92 Å². The first kappa shape index (κ1) is 14.7. The summed E-state index contributed by atoms with van der Waals surface area (Å²) in [5, 5.41) is 9.21. The van der Waals surface area contributed by atoms with Gasteiger partial charge in [-0.05, 0) is 45.5 Å². The zero-order valence-corrected chi connectivity index (χ0v) is 12.0. The third kappa shape index (κ3) is 3.22. The first-order chi connectivity index (χ1) is 9.49. The molecule has 2 unspecified atom stereocenters. The van der Waals surface area contributed by atoms with E-state index >= 15 is 0 Å². The molecule has 2 atom stereocenters. The Morgan fingerprint density at radius 2 is 2.30 bits per heavy atom. The summed E-state index contributed by atoms with van der Waals surface area (Å²) in [5.41, 5.74) is 6.37. The quantitative estimate of drug-likeness (QED) is 0.825. The molecule has 1 fully saturated rings. The average molecular weight is 278 g/mol. The molecule has 1 aromatic carbocycles. The van der Waals surface area contributed by atoms with Gasteiger partial charge >= 0.3 is 5.97 Å². The first-order valence-electron chi connectivity index (χ1n) is 6.96. The molecule has 0 aromatic heterocycles. The third-order valence-corrected chi connectivity index (χ3v) is 3.90. The van der Waals surface area contributed by atoms with Gasteiger partial charge in [0.1, 0.15) is 11.7 Å². The van der Waals surface area contributed by atoms with Crippen LogP contribution in [0.25, 0.3) is 0 Å². The van der Waals surface area contributed by atoms with E-state index in [4.69, 9.17) is 10.5 Å². The molecular formula is C15H22N2O3. The second-order valence-corrected chi connectivity index (χ2v) is 5.52. The summed E-state index contributed by atoms with van der Waals surface area (Å²) in [6.45, 7) is 4.06. The maximum atomic E-state index is 11.2. The molecule has 0 radical (unpaired) electrons. The lowest BCUT2D eigenvalue weighted by Gasteiger charge is -2.33. The number of piperidine rings is 1. The number of nitrogens with two attached hydrogens (primary N) is 1. The zero-order valence-electron chi connectivity index (χ0n) is 12.0. The predicted octanol–water partition coefficient (Wildman–Crippen LogP) is 2.08. The number of hydrogen-bond acceptors (Lipinski definition) is 4. The van der Waals surface area contributed by atoms with Crippen LogP contribution in [-0.2, 0) is 0 Å². The lowest BCUT2D eigenvalue weighted by atomic mass is 9.93. The summed E-state index contributed by atoms with van der Waals surface area (Å²) >= 11 is 0. The van der Waals surface area contributed by atoms with Crippen LogP contribution in [0.4, 0.5) is 5.69 Å². The summed E-state index contributed by atoms with van der Waals surface area (Å²) in [5.74, 6) is -0.323. The molecule has 0 amide bonds. The topological polar surface area (TPSA) is 75.8 Å². The van der Waals surface area contributed by atoms with Crippen LogP contribution in [0, 0.1) is 5.92 Å². The monoisotopic (exact) mass is 278 g/mol. The minimum absolute atomic E-state index is 0.0550. The Labute approximate surface area is 119 Å². The van der Waals surface area contributed by atoms with E-state index < -0.39 is 5.97 Å². The number of hydrogen-bond donors (Lipinski definition) is 2. The van der Waals surface area contributed by atoms with E-state index in [0.29, 0.717) is 17.4 Å². The van der Waals surface area contributed by atoms with Gasteiger partial charge in [0, 0.05) is 12.5 Å². The van der Waals surface area contributed by atoms with Gasteiger partial charge < -0.3 is 20.5 Å². The minimum atomic E-state index is -1.01. The summed E-state index contributed by atoms with van der Waals surface area (Å²) in [7, 11) is 2.10. The van der Waals surface area contributed by atoms with Gasteiger partial charge in [-0.15, -0.1) is 0 Å². The number of carbonyl (C=O) groups is 1. The standard InChI is InChI=1S/C15H22N2O3/c1-10(11-5-4-8-17(2)9-11)20-14-12(15(18)19)6-3-7-13(14)16/h3,6-7,10-11H,4-5,8-9,16H2,1-2H3,(H,18,19). The molecule has 1 aromatic rings. The van der Waals surface area contributed by atoms with Gasteiger partial charge in [0.05, 0.1) is 5.69 Å². The number of ether oxygens (including phenoxy) is 1. The molecule has 0 saturated carbocycles. The summed E-state index contributed by atoms with van der Waals surface area (Å²) < 4.78 is 5.89. The Balaban J connectivity index is 2.15. The number of nitrogen functional groups attached to an aromatic ring is 1. The van der Waals surface area contributed by atoms with Gasteiger partial charge in [-0.1, -0.05) is 6.07 Å². The number of anilines is 1. The van der Waals surface area contributed by atoms with Crippen molar-refractivity contribution >= 4 is 11.7 Å². The van der Waals surface area contributed by atoms with E-state index in [1.54, 1.807) is 12.1 Å². The summed E-state index contributed by atoms with van der Waals surface area (Å²) in [4.78, 5) is 13.5. The van der Waals surface area contributed by atoms with E-state index in [9.17, 15) is 9.90 Å². The molecule has 3 N–H and O–H groups in total. The number of para-hydroxylation sites is 1. The van der Waals surface area contributed by atoms with Crippen LogP contribution in [0.2, 0.25) is 0 Å². The van der Waals surface area contributed by atoms with Crippen LogP contribution in [0.5, 0.6) is 5.75 Å². The number of likely N-dealkylation sites (tertiary alicyclic amines) is 1. The summed E-state index contributed by atoms with van der Waals surface area (Å²) in [6.07, 6.45) is 2.19. The third-order valence-electron chi connectivity index (χ3n) is 3.90. The Morgan fingerprint density at radius 1 is 1.55 bits per heavy atom. The van der Waals surface area contributed by atoms with Crippen LogP contribution < -0.4 is 10.5 Å². The maximum Gasteiger partial charge on any atom is 0.339 e. The second kappa shape index (κ2) is 6.13. The molecule has 1 aliphatic rings. The Hall–Kier alpha value is -1.75. The van der Waals surface area contributed by atoms with Crippen LogP contribution in [0.1, 0.15) is 30.1 Å². The van der Waals surface area contributed by atoms with Crippen LogP contribution >= 0.6 is 0 Å². The van der Waals surface area contributed by atoms with Gasteiger partial charge in [-0.3, -0.25) is 0 Å². The van der Waals surface area contributed by atoms with E-state index in [-0.39, 0.29) is 11.7 Å². The SMILES string of the molecule is CC(Oc1c(N)cccc1C(=O)O)C1CCCN(C)C1. The molecule has 110 valence electrons. The molecule has 5 nitrogen and oxygen atoms in total. The average Bonchev–Trinajstić information content (AvgIpc) is 2.40. The molecule has 20 heavy (non-hydrogen) atoms. The van der Waals surface area contributed by atoms with Crippen molar-refractivity contribution in [2.45, 2.75) is 25.9 Å². The number of carboxylic acids is 1. The van der Waals surface area contributed by atoms with Gasteiger partial charge in [0.15, 0.2) is 5.75 Å². The van der Waals surface area contributed by atoms with Crippen LogP contribution in [0.3, 0.4) is 0 Å². The molecule has 1 aliphatic heterocycles. The molecule has 1 saturated heterocycles. The molecule has 0 spiro atoms. The number of benzene rings is 1. The van der Waals surface area contributed by atoms with Crippen molar-refractivity contribution in [1.82, 2.24) is 4.90 Å². The number of aromatic carboxylic acids is 1. The van der Waals surface area contributed by atoms with Crippen LogP contribution in [0.15, 0.2) is 18.2 Å². The highest BCUT2D eigenvalue weighted by Crippen LogP contribution is 2.30. The lowest BCUT2D eigenvalue weighted by Crippen LogP contribution is -2.39. The first-order valence-corrected chi connectivity index (χ1v) is 6.96. The molecule has 5 heteroatoms. The largest absolute Gasteiger partial charge is 0.487 e. The van der Waals surface area contributed by atoms with Crippen molar-refractivity contribution in [3.63, 3.8) is 0 Å². The van der Waals surface area contributed by atoms with Gasteiger partial charge in [-0.2, -0.15) is 0 Å². The predicted molar refractivity (Wildman–Crippen MR) is 78.1 cm³/mol. The Bertz CT molecular complexity index is 490. The van der Waals surface area contributed by atoms with E-state index in [1.807, 2.05) is 6.92 Å². The van der Waals surface area contributed by atoms with Crippen molar-refractivity contribution < 1.29 is 14.6 Å². The fourth-order valence-electron chi connectivity index (χ4n) is 2.73. The fraction of sp³-hybridized carbons (Fsp3) is 0.533. The van der Waals surface area contributed by atoms with Gasteiger partial charge in [-0.25, -0.2) is 4.79 Å². The highest BCUT2D eigenvalue weighted by molar-refractivity contribution is 5.93. The van der Waals surface area contributed by atoms with E-state index in [0.717, 1.165) is 25.9 Å². The lowest BCUT2D eigenvalue weighted by molar-refractivity contribution is 0.0671. The number of rotatable bonds is 4. The highest BCUT2D eigenvalue weighted by Gasteiger charge is 2.26. The molecule has 2 rings (SSSR count). The van der Waals surface area contributed by atoms with E-state index in [1.165, 1.54) is 6.07 Å². The van der Waals surface area contributed by atoms with Gasteiger partial charge in [0.2, 0.25) is 0 Å². The molecule has 0 aliphatic carbocycles. The smallest absolute Gasteiger partial charge is 0.339 e.